The Morgan fingerprint density at radius 1 is 1.23 bits per heavy atom. The number of nitrogens with two attached hydrogens (primary N) is 1. The lowest BCUT2D eigenvalue weighted by molar-refractivity contribution is 0.0998. The molecule has 2 heterocycles. The molecule has 0 aliphatic rings. The standard InChI is InChI=1S/C22H23F2N5O2/c1-13(23)11-22(2,20-16(24)7-4-10-26-20)12-27-18-9-8-17(28-29-18)14-5-3-6-15(19(14)30)21(25)31/h3-10,13,30H,11-12H2,1-2H3,(H2,25,31)(H,27,29)/t13-,22-/m0/s1. The first-order chi connectivity index (χ1) is 14.7. The Hall–Kier alpha value is -3.62. The molecule has 0 unspecified atom stereocenters. The van der Waals surface area contributed by atoms with E-state index in [0.717, 1.165) is 0 Å². The summed E-state index contributed by atoms with van der Waals surface area (Å²) in [6, 6.07) is 10.6. The number of anilines is 1. The van der Waals surface area contributed by atoms with Crippen LogP contribution in [-0.4, -0.2) is 38.9 Å². The van der Waals surface area contributed by atoms with Gasteiger partial charge in [0.25, 0.3) is 5.91 Å². The predicted octanol–water partition coefficient (Wildman–Crippen LogP) is 3.60. The van der Waals surface area contributed by atoms with E-state index in [4.69, 9.17) is 5.73 Å². The Labute approximate surface area is 178 Å². The van der Waals surface area contributed by atoms with E-state index in [1.54, 1.807) is 31.2 Å². The van der Waals surface area contributed by atoms with Crippen molar-refractivity contribution in [1.82, 2.24) is 15.2 Å². The molecule has 162 valence electrons. The van der Waals surface area contributed by atoms with Crippen molar-refractivity contribution >= 4 is 11.7 Å². The number of aromatic nitrogens is 3. The predicted molar refractivity (Wildman–Crippen MR) is 113 cm³/mol. The Morgan fingerprint density at radius 3 is 2.61 bits per heavy atom. The van der Waals surface area contributed by atoms with Crippen LogP contribution in [-0.2, 0) is 5.41 Å². The fourth-order valence-corrected chi connectivity index (χ4v) is 3.51. The van der Waals surface area contributed by atoms with Gasteiger partial charge in [-0.05, 0) is 49.7 Å². The van der Waals surface area contributed by atoms with E-state index in [9.17, 15) is 18.7 Å². The molecule has 0 saturated heterocycles. The average molecular weight is 427 g/mol. The number of amides is 1. The zero-order valence-electron chi connectivity index (χ0n) is 17.1. The zero-order chi connectivity index (χ0) is 22.6. The van der Waals surface area contributed by atoms with Crippen LogP contribution in [0.1, 0.15) is 36.3 Å². The molecular formula is C22H23F2N5O2. The number of alkyl halides is 1. The highest BCUT2D eigenvalue weighted by Gasteiger charge is 2.33. The van der Waals surface area contributed by atoms with Gasteiger partial charge in [0.05, 0.1) is 23.1 Å². The van der Waals surface area contributed by atoms with Crippen molar-refractivity contribution in [2.24, 2.45) is 5.73 Å². The SMILES string of the molecule is C[C@H](F)C[C@@](C)(CNc1ccc(-c2cccc(C(N)=O)c2O)nn1)c1ncccc1F. The molecule has 3 rings (SSSR count). The molecule has 31 heavy (non-hydrogen) atoms. The van der Waals surface area contributed by atoms with Crippen LogP contribution in [0.2, 0.25) is 0 Å². The van der Waals surface area contributed by atoms with Crippen molar-refractivity contribution in [2.75, 3.05) is 11.9 Å². The maximum absolute atomic E-state index is 14.3. The Morgan fingerprint density at radius 2 is 2.00 bits per heavy atom. The molecule has 0 aliphatic carbocycles. The number of para-hydroxylation sites is 1. The van der Waals surface area contributed by atoms with E-state index in [-0.39, 0.29) is 30.0 Å². The van der Waals surface area contributed by atoms with E-state index in [1.165, 1.54) is 31.3 Å². The number of aromatic hydroxyl groups is 1. The molecule has 0 saturated carbocycles. The van der Waals surface area contributed by atoms with Crippen LogP contribution < -0.4 is 11.1 Å². The molecule has 3 aromatic rings. The number of hydrogen-bond donors (Lipinski definition) is 3. The molecular weight excluding hydrogens is 404 g/mol. The van der Waals surface area contributed by atoms with Gasteiger partial charge in [0, 0.05) is 23.7 Å². The summed E-state index contributed by atoms with van der Waals surface area (Å²) in [5.41, 5.74) is 5.13. The number of carbonyl (C=O) groups is 1. The third kappa shape index (κ3) is 4.93. The summed E-state index contributed by atoms with van der Waals surface area (Å²) in [7, 11) is 0. The van der Waals surface area contributed by atoms with Crippen molar-refractivity contribution < 1.29 is 18.7 Å². The molecule has 0 bridgehead atoms. The second-order valence-electron chi connectivity index (χ2n) is 7.60. The number of carbonyl (C=O) groups excluding carboxylic acids is 1. The van der Waals surface area contributed by atoms with Crippen molar-refractivity contribution in [1.29, 1.82) is 0 Å². The van der Waals surface area contributed by atoms with Gasteiger partial charge in [-0.1, -0.05) is 13.0 Å². The van der Waals surface area contributed by atoms with E-state index in [0.29, 0.717) is 17.1 Å². The van der Waals surface area contributed by atoms with Gasteiger partial charge in [-0.3, -0.25) is 9.78 Å². The van der Waals surface area contributed by atoms with Crippen LogP contribution in [0.25, 0.3) is 11.3 Å². The summed E-state index contributed by atoms with van der Waals surface area (Å²) in [5, 5.41) is 21.5. The summed E-state index contributed by atoms with van der Waals surface area (Å²) in [4.78, 5) is 15.5. The smallest absolute Gasteiger partial charge is 0.252 e. The first-order valence-corrected chi connectivity index (χ1v) is 9.66. The summed E-state index contributed by atoms with van der Waals surface area (Å²) in [5.74, 6) is -1.16. The fourth-order valence-electron chi connectivity index (χ4n) is 3.51. The van der Waals surface area contributed by atoms with Crippen LogP contribution >= 0.6 is 0 Å². The minimum absolute atomic E-state index is 0.0185. The normalized spacial score (nSPS) is 13.9. The van der Waals surface area contributed by atoms with Crippen molar-refractivity contribution in [2.45, 2.75) is 31.9 Å². The molecule has 1 amide bonds. The summed E-state index contributed by atoms with van der Waals surface area (Å²) in [6.07, 6.45) is 0.371. The van der Waals surface area contributed by atoms with Gasteiger partial charge < -0.3 is 16.2 Å². The van der Waals surface area contributed by atoms with Gasteiger partial charge in [0.2, 0.25) is 0 Å². The maximum atomic E-state index is 14.3. The summed E-state index contributed by atoms with van der Waals surface area (Å²) >= 11 is 0. The fraction of sp³-hybridized carbons (Fsp3) is 0.273. The summed E-state index contributed by atoms with van der Waals surface area (Å²) in [6.45, 7) is 3.32. The number of nitrogens with zero attached hydrogens (tertiary/aromatic N) is 3. The molecule has 0 radical (unpaired) electrons. The van der Waals surface area contributed by atoms with Crippen molar-refractivity contribution in [3.63, 3.8) is 0 Å². The lowest BCUT2D eigenvalue weighted by Crippen LogP contribution is -2.35. The molecule has 0 spiro atoms. The minimum Gasteiger partial charge on any atom is -0.506 e. The third-order valence-electron chi connectivity index (χ3n) is 4.96. The van der Waals surface area contributed by atoms with Gasteiger partial charge in [-0.15, -0.1) is 10.2 Å². The largest absolute Gasteiger partial charge is 0.506 e. The number of primary amides is 1. The Balaban J connectivity index is 1.81. The number of nitrogens with one attached hydrogen (secondary N) is 1. The topological polar surface area (TPSA) is 114 Å². The van der Waals surface area contributed by atoms with E-state index >= 15 is 0 Å². The monoisotopic (exact) mass is 427 g/mol. The maximum Gasteiger partial charge on any atom is 0.252 e. The molecule has 9 heteroatoms. The highest BCUT2D eigenvalue weighted by molar-refractivity contribution is 5.97. The highest BCUT2D eigenvalue weighted by atomic mass is 19.1. The average Bonchev–Trinajstić information content (AvgIpc) is 2.72. The lowest BCUT2D eigenvalue weighted by Gasteiger charge is -2.30. The van der Waals surface area contributed by atoms with Gasteiger partial charge in [-0.2, -0.15) is 0 Å². The number of halogens is 2. The molecule has 2 aromatic heterocycles. The molecule has 0 aliphatic heterocycles. The molecule has 0 fully saturated rings. The van der Waals surface area contributed by atoms with Crippen molar-refractivity contribution in [3.8, 4) is 17.0 Å². The number of benzene rings is 1. The third-order valence-corrected chi connectivity index (χ3v) is 4.96. The number of pyridine rings is 1. The number of phenols is 1. The van der Waals surface area contributed by atoms with Gasteiger partial charge >= 0.3 is 0 Å². The van der Waals surface area contributed by atoms with Crippen molar-refractivity contribution in [3.05, 3.63) is 65.7 Å². The van der Waals surface area contributed by atoms with E-state index in [1.807, 2.05) is 0 Å². The van der Waals surface area contributed by atoms with Crippen LogP contribution in [0.15, 0.2) is 48.7 Å². The van der Waals surface area contributed by atoms with Gasteiger partial charge in [0.15, 0.2) is 0 Å². The number of hydrogen-bond acceptors (Lipinski definition) is 6. The second-order valence-corrected chi connectivity index (χ2v) is 7.60. The van der Waals surface area contributed by atoms with Gasteiger partial charge in [-0.25, -0.2) is 8.78 Å². The van der Waals surface area contributed by atoms with Crippen LogP contribution in [0.4, 0.5) is 14.6 Å². The first-order valence-electron chi connectivity index (χ1n) is 9.66. The van der Waals surface area contributed by atoms with Crippen LogP contribution in [0.3, 0.4) is 0 Å². The van der Waals surface area contributed by atoms with Crippen LogP contribution in [0, 0.1) is 5.82 Å². The second kappa shape index (κ2) is 9.03. The Bertz CT molecular complexity index is 1080. The summed E-state index contributed by atoms with van der Waals surface area (Å²) < 4.78 is 28.2. The first kappa shape index (κ1) is 22.1. The highest BCUT2D eigenvalue weighted by Crippen LogP contribution is 2.32. The molecule has 2 atom stereocenters. The molecule has 7 nitrogen and oxygen atoms in total. The molecule has 1 aromatic carbocycles. The quantitative estimate of drug-likeness (QED) is 0.506. The van der Waals surface area contributed by atoms with E-state index in [2.05, 4.69) is 20.5 Å². The lowest BCUT2D eigenvalue weighted by atomic mass is 9.81. The van der Waals surface area contributed by atoms with E-state index < -0.39 is 23.3 Å². The van der Waals surface area contributed by atoms with Crippen LogP contribution in [0.5, 0.6) is 5.75 Å². The Kier molecular flexibility index (Phi) is 6.43. The minimum atomic E-state index is -1.16. The molecule has 4 N–H and O–H groups in total. The number of rotatable bonds is 8. The van der Waals surface area contributed by atoms with Gasteiger partial charge in [0.1, 0.15) is 17.4 Å². The zero-order valence-corrected chi connectivity index (χ0v) is 17.1.